The van der Waals surface area contributed by atoms with Crippen LogP contribution >= 0.6 is 0 Å². The number of allylic oxidation sites excluding steroid dienone is 1. The van der Waals surface area contributed by atoms with Gasteiger partial charge in [-0.2, -0.15) is 0 Å². The van der Waals surface area contributed by atoms with Crippen molar-refractivity contribution in [1.82, 2.24) is 0 Å². The number of esters is 1. The van der Waals surface area contributed by atoms with Crippen molar-refractivity contribution >= 4 is 12.0 Å². The first-order valence-electron chi connectivity index (χ1n) is 12.8. The van der Waals surface area contributed by atoms with Crippen molar-refractivity contribution in [2.45, 2.75) is 89.5 Å². The summed E-state index contributed by atoms with van der Waals surface area (Å²) in [6.45, 7) is 10.9. The molecule has 2 aliphatic heterocycles. The summed E-state index contributed by atoms with van der Waals surface area (Å²) in [4.78, 5) is 12.8. The summed E-state index contributed by atoms with van der Waals surface area (Å²) in [5.74, 6) is 0.874. The maximum Gasteiger partial charge on any atom is 0.331 e. The van der Waals surface area contributed by atoms with E-state index in [1.54, 1.807) is 20.3 Å². The molecule has 4 rings (SSSR count). The molecular formula is C29H40O7. The van der Waals surface area contributed by atoms with Gasteiger partial charge in [0, 0.05) is 13.2 Å². The van der Waals surface area contributed by atoms with E-state index < -0.39 is 5.97 Å². The standard InChI is InChI=1S/C29H40O7/c1-18(2)8-12-24-28(5,36-24)27-26(32-7)22(14-15-29(27)17-33-29)35-25(30)13-10-20-9-11-21(34-19(3)4)23(16-20)31-6/h8-11,13,16,19,22,24,26-27H,12,14-15,17H2,1-7H3/b13-10+/t22-,24+,26-,27?,28?,29?/m1/s1. The maximum absolute atomic E-state index is 12.8. The summed E-state index contributed by atoms with van der Waals surface area (Å²) in [7, 11) is 3.28. The third kappa shape index (κ3) is 5.63. The first kappa shape index (κ1) is 26.7. The van der Waals surface area contributed by atoms with E-state index in [-0.39, 0.29) is 41.5 Å². The van der Waals surface area contributed by atoms with Gasteiger partial charge in [-0.25, -0.2) is 4.79 Å². The second-order valence-corrected chi connectivity index (χ2v) is 10.8. The quantitative estimate of drug-likeness (QED) is 0.191. The van der Waals surface area contributed by atoms with Crippen LogP contribution in [0.25, 0.3) is 6.08 Å². The van der Waals surface area contributed by atoms with Gasteiger partial charge in [-0.3, -0.25) is 0 Å². The van der Waals surface area contributed by atoms with Crippen LogP contribution in [0, 0.1) is 5.92 Å². The Morgan fingerprint density at radius 1 is 1.22 bits per heavy atom. The van der Waals surface area contributed by atoms with E-state index in [4.69, 9.17) is 28.4 Å². The SMILES string of the molecule is COc1cc(/C=C/C(=O)O[C@@H]2CCC3(CO3)C(C3(C)O[C@H]3CC=C(C)C)[C@@H]2OC)ccc1OC(C)C. The van der Waals surface area contributed by atoms with E-state index in [1.165, 1.54) is 11.6 Å². The molecule has 0 N–H and O–H groups in total. The smallest absolute Gasteiger partial charge is 0.331 e. The van der Waals surface area contributed by atoms with Gasteiger partial charge in [-0.05, 0) is 77.7 Å². The van der Waals surface area contributed by atoms with Crippen molar-refractivity contribution in [2.75, 3.05) is 20.8 Å². The third-order valence-corrected chi connectivity index (χ3v) is 7.47. The molecule has 0 radical (unpaired) electrons. The summed E-state index contributed by atoms with van der Waals surface area (Å²) in [5.41, 5.74) is 1.48. The fraction of sp³-hybridized carbons (Fsp3) is 0.621. The van der Waals surface area contributed by atoms with Crippen molar-refractivity contribution in [2.24, 2.45) is 5.92 Å². The molecule has 3 unspecified atom stereocenters. The fourth-order valence-corrected chi connectivity index (χ4v) is 5.56. The summed E-state index contributed by atoms with van der Waals surface area (Å²) < 4.78 is 35.3. The molecular weight excluding hydrogens is 460 g/mol. The molecule has 36 heavy (non-hydrogen) atoms. The number of rotatable bonds is 10. The van der Waals surface area contributed by atoms with Crippen LogP contribution in [-0.4, -0.2) is 62.4 Å². The van der Waals surface area contributed by atoms with E-state index in [0.29, 0.717) is 24.5 Å². The van der Waals surface area contributed by atoms with Crippen molar-refractivity contribution < 1.29 is 33.2 Å². The summed E-state index contributed by atoms with van der Waals surface area (Å²) in [6.07, 6.45) is 7.24. The van der Waals surface area contributed by atoms with Crippen LogP contribution in [0.15, 0.2) is 35.9 Å². The van der Waals surface area contributed by atoms with E-state index in [1.807, 2.05) is 32.0 Å². The van der Waals surface area contributed by atoms with E-state index in [0.717, 1.165) is 18.4 Å². The number of methoxy groups -OCH3 is 2. The molecule has 2 saturated heterocycles. The average molecular weight is 501 g/mol. The Bertz CT molecular complexity index is 1000. The highest BCUT2D eigenvalue weighted by Gasteiger charge is 2.72. The Kier molecular flexibility index (Phi) is 7.83. The maximum atomic E-state index is 12.8. The number of ether oxygens (including phenoxy) is 6. The molecule has 3 aliphatic rings. The summed E-state index contributed by atoms with van der Waals surface area (Å²) in [6, 6.07) is 5.56. The molecule has 1 saturated carbocycles. The zero-order valence-corrected chi connectivity index (χ0v) is 22.5. The van der Waals surface area contributed by atoms with Crippen LogP contribution in [0.1, 0.15) is 59.4 Å². The van der Waals surface area contributed by atoms with Crippen molar-refractivity contribution in [1.29, 1.82) is 0 Å². The average Bonchev–Trinajstić information content (AvgIpc) is 3.74. The normalized spacial score (nSPS) is 33.0. The Morgan fingerprint density at radius 2 is 1.97 bits per heavy atom. The number of hydrogen-bond acceptors (Lipinski definition) is 7. The Morgan fingerprint density at radius 3 is 2.58 bits per heavy atom. The van der Waals surface area contributed by atoms with Crippen molar-refractivity contribution in [3.63, 3.8) is 0 Å². The molecule has 2 heterocycles. The number of benzene rings is 1. The van der Waals surface area contributed by atoms with Crippen LogP contribution in [0.4, 0.5) is 0 Å². The van der Waals surface area contributed by atoms with Crippen molar-refractivity contribution in [3.05, 3.63) is 41.5 Å². The van der Waals surface area contributed by atoms with Gasteiger partial charge in [-0.15, -0.1) is 0 Å². The minimum Gasteiger partial charge on any atom is -0.493 e. The molecule has 7 heteroatoms. The molecule has 1 aromatic rings. The highest BCUT2D eigenvalue weighted by molar-refractivity contribution is 5.87. The predicted octanol–water partition coefficient (Wildman–Crippen LogP) is 5.12. The van der Waals surface area contributed by atoms with Crippen LogP contribution < -0.4 is 9.47 Å². The van der Waals surface area contributed by atoms with Gasteiger partial charge in [0.1, 0.15) is 23.4 Å². The largest absolute Gasteiger partial charge is 0.493 e. The summed E-state index contributed by atoms with van der Waals surface area (Å²) >= 11 is 0. The molecule has 0 amide bonds. The van der Waals surface area contributed by atoms with Crippen molar-refractivity contribution in [3.8, 4) is 11.5 Å². The first-order valence-corrected chi connectivity index (χ1v) is 12.8. The van der Waals surface area contributed by atoms with Crippen LogP contribution in [0.3, 0.4) is 0 Å². The highest BCUT2D eigenvalue weighted by Crippen LogP contribution is 2.59. The van der Waals surface area contributed by atoms with Gasteiger partial charge >= 0.3 is 5.97 Å². The lowest BCUT2D eigenvalue weighted by atomic mass is 9.68. The molecule has 0 aromatic heterocycles. The monoisotopic (exact) mass is 500 g/mol. The first-order chi connectivity index (χ1) is 17.1. The minimum atomic E-state index is -0.405. The lowest BCUT2D eigenvalue weighted by Gasteiger charge is -2.42. The minimum absolute atomic E-state index is 0.00106. The van der Waals surface area contributed by atoms with Crippen LogP contribution in [-0.2, 0) is 23.7 Å². The second-order valence-electron chi connectivity index (χ2n) is 10.8. The Balaban J connectivity index is 1.43. The number of hydrogen-bond donors (Lipinski definition) is 0. The topological polar surface area (TPSA) is 79.1 Å². The molecule has 7 nitrogen and oxygen atoms in total. The molecule has 198 valence electrons. The lowest BCUT2D eigenvalue weighted by Crippen LogP contribution is -2.55. The second kappa shape index (κ2) is 10.6. The number of carbonyl (C=O) groups excluding carboxylic acids is 1. The van der Waals surface area contributed by atoms with Crippen LogP contribution in [0.2, 0.25) is 0 Å². The van der Waals surface area contributed by atoms with Gasteiger partial charge in [0.2, 0.25) is 0 Å². The highest BCUT2D eigenvalue weighted by atomic mass is 16.6. The Hall–Kier alpha value is -2.35. The predicted molar refractivity (Wildman–Crippen MR) is 137 cm³/mol. The summed E-state index contributed by atoms with van der Waals surface area (Å²) in [5, 5.41) is 0. The van der Waals surface area contributed by atoms with Crippen LogP contribution in [0.5, 0.6) is 11.5 Å². The molecule has 1 spiro atoms. The molecule has 1 aromatic carbocycles. The van der Waals surface area contributed by atoms with E-state index >= 15 is 0 Å². The molecule has 1 aliphatic carbocycles. The van der Waals surface area contributed by atoms with Gasteiger partial charge in [0.05, 0.1) is 31.8 Å². The number of carbonyl (C=O) groups is 1. The van der Waals surface area contributed by atoms with Gasteiger partial charge in [0.25, 0.3) is 0 Å². The fourth-order valence-electron chi connectivity index (χ4n) is 5.56. The zero-order valence-electron chi connectivity index (χ0n) is 22.5. The lowest BCUT2D eigenvalue weighted by molar-refractivity contribution is -0.166. The number of epoxide rings is 2. The molecule has 3 fully saturated rings. The molecule has 0 bridgehead atoms. The Labute approximate surface area is 214 Å². The van der Waals surface area contributed by atoms with Gasteiger partial charge in [-0.1, -0.05) is 17.7 Å². The van der Waals surface area contributed by atoms with Gasteiger partial charge in [0.15, 0.2) is 11.5 Å². The molecule has 6 atom stereocenters. The van der Waals surface area contributed by atoms with E-state index in [2.05, 4.69) is 26.8 Å². The third-order valence-electron chi connectivity index (χ3n) is 7.47. The zero-order chi connectivity index (χ0) is 26.1. The van der Waals surface area contributed by atoms with Gasteiger partial charge < -0.3 is 28.4 Å². The van der Waals surface area contributed by atoms with E-state index in [9.17, 15) is 4.79 Å².